The summed E-state index contributed by atoms with van der Waals surface area (Å²) in [4.78, 5) is 8.94. The van der Waals surface area contributed by atoms with E-state index in [9.17, 15) is 0 Å². The number of aryl methyl sites for hydroxylation is 1. The number of hydrogen-bond donors (Lipinski definition) is 0. The molecule has 1 aliphatic rings. The average molecular weight is 350 g/mol. The standard InChI is InChI=1S/C16H26N6OS/c1-4-22-16-13(12-23-7-6-20(2)3)9-21(10-14(16)18-19-22)11-15-17-5-8-24-15/h5,8,13H,4,6-7,9-12H2,1-3H3/t13-/m0/s1. The van der Waals surface area contributed by atoms with Crippen LogP contribution >= 0.6 is 11.3 Å². The van der Waals surface area contributed by atoms with E-state index in [1.54, 1.807) is 11.3 Å². The van der Waals surface area contributed by atoms with Gasteiger partial charge in [0.2, 0.25) is 0 Å². The molecule has 7 nitrogen and oxygen atoms in total. The second kappa shape index (κ2) is 8.15. The molecule has 0 saturated heterocycles. The Morgan fingerprint density at radius 1 is 1.42 bits per heavy atom. The second-order valence-corrected chi connectivity index (χ2v) is 7.39. The van der Waals surface area contributed by atoms with Crippen LogP contribution in [0.15, 0.2) is 11.6 Å². The minimum Gasteiger partial charge on any atom is -0.379 e. The van der Waals surface area contributed by atoms with Crippen LogP contribution in [0.4, 0.5) is 0 Å². The third-order valence-electron chi connectivity index (χ3n) is 4.23. The molecular weight excluding hydrogens is 324 g/mol. The monoisotopic (exact) mass is 350 g/mol. The molecule has 2 aromatic rings. The van der Waals surface area contributed by atoms with Gasteiger partial charge in [-0.2, -0.15) is 0 Å². The van der Waals surface area contributed by atoms with Gasteiger partial charge in [-0.1, -0.05) is 5.21 Å². The largest absolute Gasteiger partial charge is 0.379 e. The van der Waals surface area contributed by atoms with Crippen LogP contribution in [0, 0.1) is 0 Å². The van der Waals surface area contributed by atoms with Gasteiger partial charge in [-0.3, -0.25) is 4.90 Å². The van der Waals surface area contributed by atoms with E-state index in [1.807, 2.05) is 16.3 Å². The van der Waals surface area contributed by atoms with E-state index in [0.29, 0.717) is 12.5 Å². The van der Waals surface area contributed by atoms with Gasteiger partial charge in [0, 0.05) is 43.7 Å². The molecule has 0 aliphatic carbocycles. The lowest BCUT2D eigenvalue weighted by molar-refractivity contribution is 0.0832. The van der Waals surface area contributed by atoms with Crippen molar-refractivity contribution in [2.24, 2.45) is 0 Å². The molecule has 0 spiro atoms. The minimum absolute atomic E-state index is 0.311. The fourth-order valence-electron chi connectivity index (χ4n) is 3.07. The van der Waals surface area contributed by atoms with E-state index in [2.05, 4.69) is 46.1 Å². The normalized spacial score (nSPS) is 18.2. The van der Waals surface area contributed by atoms with Crippen molar-refractivity contribution in [1.29, 1.82) is 0 Å². The number of aromatic nitrogens is 4. The van der Waals surface area contributed by atoms with Gasteiger partial charge >= 0.3 is 0 Å². The highest BCUT2D eigenvalue weighted by molar-refractivity contribution is 7.09. The molecule has 0 N–H and O–H groups in total. The summed E-state index contributed by atoms with van der Waals surface area (Å²) in [5.74, 6) is 0.311. The van der Waals surface area contributed by atoms with Crippen molar-refractivity contribution in [1.82, 2.24) is 29.8 Å². The number of rotatable bonds is 8. The van der Waals surface area contributed by atoms with Crippen LogP contribution in [0.25, 0.3) is 0 Å². The summed E-state index contributed by atoms with van der Waals surface area (Å²) >= 11 is 1.70. The molecule has 0 radical (unpaired) electrons. The molecule has 0 bridgehead atoms. The highest BCUT2D eigenvalue weighted by Crippen LogP contribution is 2.28. The van der Waals surface area contributed by atoms with Crippen LogP contribution in [0.2, 0.25) is 0 Å². The Hall–Kier alpha value is -1.35. The summed E-state index contributed by atoms with van der Waals surface area (Å²) < 4.78 is 7.97. The lowest BCUT2D eigenvalue weighted by Crippen LogP contribution is -2.36. The van der Waals surface area contributed by atoms with E-state index < -0.39 is 0 Å². The Morgan fingerprint density at radius 3 is 3.00 bits per heavy atom. The topological polar surface area (TPSA) is 59.3 Å². The first-order chi connectivity index (χ1) is 11.7. The Bertz CT molecular complexity index is 627. The zero-order chi connectivity index (χ0) is 16.9. The predicted octanol–water partition coefficient (Wildman–Crippen LogP) is 1.43. The van der Waals surface area contributed by atoms with Crippen LogP contribution in [-0.4, -0.2) is 70.2 Å². The number of thiazole rings is 1. The van der Waals surface area contributed by atoms with Gasteiger partial charge in [-0.25, -0.2) is 9.67 Å². The number of nitrogens with zero attached hydrogens (tertiary/aromatic N) is 6. The van der Waals surface area contributed by atoms with Gasteiger partial charge in [0.15, 0.2) is 0 Å². The predicted molar refractivity (Wildman–Crippen MR) is 94.0 cm³/mol. The van der Waals surface area contributed by atoms with Crippen LogP contribution in [0.1, 0.15) is 29.2 Å². The molecule has 8 heteroatoms. The first-order valence-corrected chi connectivity index (χ1v) is 9.30. The molecule has 0 aromatic carbocycles. The summed E-state index contributed by atoms with van der Waals surface area (Å²) in [7, 11) is 4.13. The SMILES string of the molecule is CCn1nnc2c1[C@H](COCCN(C)C)CN(Cc1nccs1)C2. The van der Waals surface area contributed by atoms with Gasteiger partial charge < -0.3 is 9.64 Å². The van der Waals surface area contributed by atoms with Gasteiger partial charge in [0.05, 0.1) is 25.5 Å². The van der Waals surface area contributed by atoms with Gasteiger partial charge in [-0.05, 0) is 21.0 Å². The highest BCUT2D eigenvalue weighted by atomic mass is 32.1. The van der Waals surface area contributed by atoms with Crippen LogP contribution in [0.3, 0.4) is 0 Å². The molecule has 0 saturated carbocycles. The maximum atomic E-state index is 5.94. The van der Waals surface area contributed by atoms with E-state index in [0.717, 1.165) is 50.0 Å². The van der Waals surface area contributed by atoms with Crippen molar-refractivity contribution < 1.29 is 4.74 Å². The molecule has 3 rings (SSSR count). The van der Waals surface area contributed by atoms with E-state index in [1.165, 1.54) is 5.69 Å². The fourth-order valence-corrected chi connectivity index (χ4v) is 3.73. The van der Waals surface area contributed by atoms with Gasteiger partial charge in [-0.15, -0.1) is 16.4 Å². The smallest absolute Gasteiger partial charge is 0.107 e. The molecule has 0 amide bonds. The van der Waals surface area contributed by atoms with Crippen molar-refractivity contribution in [3.63, 3.8) is 0 Å². The molecular formula is C16H26N6OS. The summed E-state index contributed by atoms with van der Waals surface area (Å²) in [5.41, 5.74) is 2.33. The van der Waals surface area contributed by atoms with Crippen LogP contribution in [0.5, 0.6) is 0 Å². The Balaban J connectivity index is 1.68. The molecule has 24 heavy (non-hydrogen) atoms. The molecule has 132 valence electrons. The number of ether oxygens (including phenoxy) is 1. The third kappa shape index (κ3) is 4.18. The summed E-state index contributed by atoms with van der Waals surface area (Å²) in [5, 5.41) is 11.9. The van der Waals surface area contributed by atoms with E-state index in [-0.39, 0.29) is 0 Å². The fraction of sp³-hybridized carbons (Fsp3) is 0.688. The molecule has 0 fully saturated rings. The summed E-state index contributed by atoms with van der Waals surface area (Å²) in [6.07, 6.45) is 1.87. The van der Waals surface area contributed by atoms with Crippen molar-refractivity contribution in [2.75, 3.05) is 40.4 Å². The molecule has 1 atom stereocenters. The maximum absolute atomic E-state index is 5.94. The Kier molecular flexibility index (Phi) is 5.94. The molecule has 1 aliphatic heterocycles. The van der Waals surface area contributed by atoms with Crippen molar-refractivity contribution in [3.8, 4) is 0 Å². The third-order valence-corrected chi connectivity index (χ3v) is 4.99. The zero-order valence-electron chi connectivity index (χ0n) is 14.7. The van der Waals surface area contributed by atoms with Gasteiger partial charge in [0.1, 0.15) is 10.7 Å². The molecule has 3 heterocycles. The quantitative estimate of drug-likeness (QED) is 0.672. The number of fused-ring (bicyclic) bond motifs is 1. The molecule has 0 unspecified atom stereocenters. The van der Waals surface area contributed by atoms with Crippen molar-refractivity contribution >= 4 is 11.3 Å². The number of hydrogen-bond acceptors (Lipinski definition) is 7. The van der Waals surface area contributed by atoms with E-state index in [4.69, 9.17) is 4.74 Å². The first kappa shape index (κ1) is 17.5. The lowest BCUT2D eigenvalue weighted by atomic mass is 9.99. The second-order valence-electron chi connectivity index (χ2n) is 6.41. The zero-order valence-corrected chi connectivity index (χ0v) is 15.5. The molecule has 2 aromatic heterocycles. The average Bonchev–Trinajstić information content (AvgIpc) is 3.20. The highest BCUT2D eigenvalue weighted by Gasteiger charge is 2.30. The Labute approximate surface area is 147 Å². The van der Waals surface area contributed by atoms with Crippen molar-refractivity contribution in [2.45, 2.75) is 32.5 Å². The van der Waals surface area contributed by atoms with Gasteiger partial charge in [0.25, 0.3) is 0 Å². The van der Waals surface area contributed by atoms with Crippen molar-refractivity contribution in [3.05, 3.63) is 28.0 Å². The van der Waals surface area contributed by atoms with Crippen LogP contribution < -0.4 is 0 Å². The minimum atomic E-state index is 0.311. The Morgan fingerprint density at radius 2 is 2.29 bits per heavy atom. The number of likely N-dealkylation sites (N-methyl/N-ethyl adjacent to an activating group) is 1. The summed E-state index contributed by atoms with van der Waals surface area (Å²) in [6.45, 7) is 8.02. The first-order valence-electron chi connectivity index (χ1n) is 8.42. The lowest BCUT2D eigenvalue weighted by Gasteiger charge is -2.31. The summed E-state index contributed by atoms with van der Waals surface area (Å²) in [6, 6.07) is 0. The van der Waals surface area contributed by atoms with E-state index >= 15 is 0 Å². The van der Waals surface area contributed by atoms with Crippen LogP contribution in [-0.2, 0) is 24.4 Å². The maximum Gasteiger partial charge on any atom is 0.107 e.